The third kappa shape index (κ3) is 2.72. The Bertz CT molecular complexity index is 997. The molecule has 2 aliphatic rings. The highest BCUT2D eigenvalue weighted by molar-refractivity contribution is 9.09. The standard InChI is InChI=1S/C22H26BrN3O3/c1-3-21-10-6-12-25(14-24)19(21)18-16(9-11-23)15-7-4-5-8-17(15)26(18)22(28,13-21)20(27)29-2/h4-5,7-8,19,28H,3,6,9-13H2,1-2H3/t19-,21+,22+/m1/s1. The number of nitriles is 1. The van der Waals surface area contributed by atoms with Crippen LogP contribution in [0, 0.1) is 16.9 Å². The summed E-state index contributed by atoms with van der Waals surface area (Å²) in [6.45, 7) is 2.78. The van der Waals surface area contributed by atoms with Gasteiger partial charge in [0.05, 0.1) is 18.7 Å². The average Bonchev–Trinajstić information content (AvgIpc) is 3.08. The highest BCUT2D eigenvalue weighted by Crippen LogP contribution is 2.59. The van der Waals surface area contributed by atoms with Crippen LogP contribution < -0.4 is 0 Å². The van der Waals surface area contributed by atoms with Crippen molar-refractivity contribution in [2.75, 3.05) is 19.0 Å². The van der Waals surface area contributed by atoms with Gasteiger partial charge in [-0.2, -0.15) is 5.26 Å². The van der Waals surface area contributed by atoms with Crippen molar-refractivity contribution >= 4 is 32.8 Å². The summed E-state index contributed by atoms with van der Waals surface area (Å²) in [5.74, 6) is -0.648. The number of carbonyl (C=O) groups excluding carboxylic acids is 1. The maximum absolute atomic E-state index is 13.0. The van der Waals surface area contributed by atoms with Gasteiger partial charge < -0.3 is 19.3 Å². The largest absolute Gasteiger partial charge is 0.465 e. The number of alkyl halides is 1. The van der Waals surface area contributed by atoms with E-state index in [4.69, 9.17) is 4.74 Å². The van der Waals surface area contributed by atoms with Crippen LogP contribution in [0.1, 0.15) is 49.9 Å². The molecule has 29 heavy (non-hydrogen) atoms. The van der Waals surface area contributed by atoms with Gasteiger partial charge in [0.2, 0.25) is 5.72 Å². The van der Waals surface area contributed by atoms with Crippen LogP contribution in [-0.4, -0.2) is 39.5 Å². The van der Waals surface area contributed by atoms with E-state index >= 15 is 0 Å². The van der Waals surface area contributed by atoms with Crippen molar-refractivity contribution in [3.8, 4) is 6.19 Å². The molecule has 3 heterocycles. The smallest absolute Gasteiger partial charge is 0.359 e. The lowest BCUT2D eigenvalue weighted by atomic mass is 9.63. The minimum Gasteiger partial charge on any atom is -0.465 e. The molecule has 3 atom stereocenters. The molecule has 4 rings (SSSR count). The van der Waals surface area contributed by atoms with Crippen LogP contribution in [0.25, 0.3) is 10.9 Å². The number of hydrogen-bond acceptors (Lipinski definition) is 5. The first-order valence-electron chi connectivity index (χ1n) is 10.1. The highest BCUT2D eigenvalue weighted by Gasteiger charge is 2.59. The molecule has 0 radical (unpaired) electrons. The Morgan fingerprint density at radius 1 is 1.45 bits per heavy atom. The first-order valence-corrected chi connectivity index (χ1v) is 11.3. The summed E-state index contributed by atoms with van der Waals surface area (Å²) < 4.78 is 6.86. The number of benzene rings is 1. The summed E-state index contributed by atoms with van der Waals surface area (Å²) in [4.78, 5) is 14.8. The average molecular weight is 460 g/mol. The number of aliphatic hydroxyl groups is 1. The predicted molar refractivity (Wildman–Crippen MR) is 113 cm³/mol. The zero-order valence-electron chi connectivity index (χ0n) is 16.8. The normalized spacial score (nSPS) is 28.5. The minimum absolute atomic E-state index is 0.169. The number of hydrogen-bond donors (Lipinski definition) is 1. The molecule has 1 aromatic heterocycles. The van der Waals surface area contributed by atoms with Gasteiger partial charge in [0.1, 0.15) is 0 Å². The van der Waals surface area contributed by atoms with E-state index in [9.17, 15) is 15.2 Å². The maximum Gasteiger partial charge on any atom is 0.359 e. The predicted octanol–water partition coefficient (Wildman–Crippen LogP) is 3.81. The lowest BCUT2D eigenvalue weighted by Gasteiger charge is -2.55. The van der Waals surface area contributed by atoms with Gasteiger partial charge in [0, 0.05) is 34.8 Å². The van der Waals surface area contributed by atoms with Crippen LogP contribution in [-0.2, 0) is 21.7 Å². The third-order valence-electron chi connectivity index (χ3n) is 6.90. The number of fused-ring (bicyclic) bond motifs is 5. The zero-order chi connectivity index (χ0) is 20.8. The lowest BCUT2D eigenvalue weighted by molar-refractivity contribution is -0.191. The fourth-order valence-corrected chi connectivity index (χ4v) is 6.09. The molecule has 0 amide bonds. The highest BCUT2D eigenvalue weighted by atomic mass is 79.9. The number of halogens is 1. The zero-order valence-corrected chi connectivity index (χ0v) is 18.4. The molecule has 2 aliphatic heterocycles. The van der Waals surface area contributed by atoms with Crippen LogP contribution in [0.3, 0.4) is 0 Å². The van der Waals surface area contributed by atoms with E-state index in [0.717, 1.165) is 53.2 Å². The van der Waals surface area contributed by atoms with Crippen molar-refractivity contribution in [1.82, 2.24) is 9.47 Å². The molecule has 1 aromatic carbocycles. The van der Waals surface area contributed by atoms with E-state index in [0.29, 0.717) is 6.54 Å². The molecule has 0 unspecified atom stereocenters. The topological polar surface area (TPSA) is 78.5 Å². The molecule has 2 aromatic rings. The molecule has 0 spiro atoms. The Hall–Kier alpha value is -2.04. The Kier molecular flexibility index (Phi) is 5.12. The molecule has 1 saturated heterocycles. The summed E-state index contributed by atoms with van der Waals surface area (Å²) >= 11 is 3.56. The Labute approximate surface area is 179 Å². The fraction of sp³-hybridized carbons (Fsp3) is 0.545. The van der Waals surface area contributed by atoms with Crippen molar-refractivity contribution < 1.29 is 14.6 Å². The van der Waals surface area contributed by atoms with Gasteiger partial charge in [-0.25, -0.2) is 4.79 Å². The van der Waals surface area contributed by atoms with Gasteiger partial charge in [-0.05, 0) is 37.3 Å². The van der Waals surface area contributed by atoms with E-state index in [2.05, 4.69) is 29.0 Å². The summed E-state index contributed by atoms with van der Waals surface area (Å²) in [5, 5.41) is 23.6. The first-order chi connectivity index (χ1) is 14.0. The summed E-state index contributed by atoms with van der Waals surface area (Å²) in [6, 6.07) is 7.68. The second-order valence-corrected chi connectivity index (χ2v) is 8.95. The van der Waals surface area contributed by atoms with E-state index in [-0.39, 0.29) is 17.9 Å². The second-order valence-electron chi connectivity index (χ2n) is 8.16. The van der Waals surface area contributed by atoms with Crippen molar-refractivity contribution in [2.45, 2.75) is 50.8 Å². The van der Waals surface area contributed by atoms with Crippen LogP contribution in [0.15, 0.2) is 24.3 Å². The number of carbonyl (C=O) groups is 1. The van der Waals surface area contributed by atoms with Crippen molar-refractivity contribution in [1.29, 1.82) is 5.26 Å². The number of piperidine rings is 1. The fourth-order valence-electron chi connectivity index (χ4n) is 5.69. The van der Waals surface area contributed by atoms with Gasteiger partial charge in [-0.3, -0.25) is 0 Å². The van der Waals surface area contributed by atoms with Crippen molar-refractivity contribution in [3.63, 3.8) is 0 Å². The number of likely N-dealkylation sites (tertiary alicyclic amines) is 1. The van der Waals surface area contributed by atoms with Crippen molar-refractivity contribution in [3.05, 3.63) is 35.5 Å². The van der Waals surface area contributed by atoms with Crippen LogP contribution in [0.2, 0.25) is 0 Å². The number of aromatic nitrogens is 1. The summed E-state index contributed by atoms with van der Waals surface area (Å²) in [5.41, 5.74) is 0.610. The molecular formula is C22H26BrN3O3. The van der Waals surface area contributed by atoms with E-state index in [1.54, 1.807) is 4.57 Å². The first kappa shape index (κ1) is 20.2. The Morgan fingerprint density at radius 3 is 2.86 bits per heavy atom. The lowest BCUT2D eigenvalue weighted by Crippen LogP contribution is -2.58. The molecule has 0 saturated carbocycles. The van der Waals surface area contributed by atoms with Gasteiger partial charge in [0.15, 0.2) is 6.19 Å². The molecule has 154 valence electrons. The van der Waals surface area contributed by atoms with Crippen LogP contribution >= 0.6 is 15.9 Å². The number of aryl methyl sites for hydroxylation is 1. The minimum atomic E-state index is -1.79. The summed E-state index contributed by atoms with van der Waals surface area (Å²) in [7, 11) is 1.32. The number of esters is 1. The molecule has 0 aliphatic carbocycles. The number of ether oxygens (including phenoxy) is 1. The molecule has 7 heteroatoms. The van der Waals surface area contributed by atoms with E-state index in [1.807, 2.05) is 29.2 Å². The molecule has 1 fully saturated rings. The van der Waals surface area contributed by atoms with Gasteiger partial charge >= 0.3 is 5.97 Å². The molecule has 6 nitrogen and oxygen atoms in total. The molecular weight excluding hydrogens is 434 g/mol. The van der Waals surface area contributed by atoms with Gasteiger partial charge in [0.25, 0.3) is 0 Å². The van der Waals surface area contributed by atoms with Crippen LogP contribution in [0.5, 0.6) is 0 Å². The molecule has 0 bridgehead atoms. The summed E-state index contributed by atoms with van der Waals surface area (Å²) in [6.07, 6.45) is 5.88. The maximum atomic E-state index is 13.0. The number of methoxy groups -OCH3 is 1. The van der Waals surface area contributed by atoms with Crippen molar-refractivity contribution in [2.24, 2.45) is 5.41 Å². The number of nitrogens with zero attached hydrogens (tertiary/aromatic N) is 3. The monoisotopic (exact) mass is 459 g/mol. The van der Waals surface area contributed by atoms with E-state index in [1.165, 1.54) is 7.11 Å². The van der Waals surface area contributed by atoms with E-state index < -0.39 is 11.7 Å². The number of rotatable bonds is 4. The SMILES string of the molecule is CC[C@@]12CCCN(C#N)[C@@H]1c1c(CCBr)c3ccccc3n1[C@@](O)(C(=O)OC)C2. The number of para-hydroxylation sites is 1. The van der Waals surface area contributed by atoms with Crippen LogP contribution in [0.4, 0.5) is 0 Å². The Morgan fingerprint density at radius 2 is 2.21 bits per heavy atom. The Balaban J connectivity index is 2.14. The second kappa shape index (κ2) is 7.33. The van der Waals surface area contributed by atoms with Gasteiger partial charge in [-0.15, -0.1) is 0 Å². The van der Waals surface area contributed by atoms with Gasteiger partial charge in [-0.1, -0.05) is 41.1 Å². The third-order valence-corrected chi connectivity index (χ3v) is 7.30. The quantitative estimate of drug-likeness (QED) is 0.427. The molecule has 1 N–H and O–H groups in total.